The predicted molar refractivity (Wildman–Crippen MR) is 77.9 cm³/mol. The van der Waals surface area contributed by atoms with Gasteiger partial charge in [-0.1, -0.05) is 12.2 Å². The van der Waals surface area contributed by atoms with Crippen LogP contribution in [-0.2, 0) is 21.7 Å². The van der Waals surface area contributed by atoms with Gasteiger partial charge >= 0.3 is 0 Å². The van der Waals surface area contributed by atoms with E-state index in [1.807, 2.05) is 6.07 Å². The normalized spacial score (nSPS) is 25.0. The van der Waals surface area contributed by atoms with Crippen molar-refractivity contribution in [1.29, 1.82) is 0 Å². The molecule has 1 saturated heterocycles. The molecule has 1 heterocycles. The van der Waals surface area contributed by atoms with E-state index in [1.54, 1.807) is 14.2 Å². The molecule has 4 heteroatoms. The van der Waals surface area contributed by atoms with Crippen molar-refractivity contribution in [3.63, 3.8) is 0 Å². The highest BCUT2D eigenvalue weighted by molar-refractivity contribution is 5.60. The molecule has 1 aliphatic heterocycles. The summed E-state index contributed by atoms with van der Waals surface area (Å²) in [5.41, 5.74) is 3.68. The van der Waals surface area contributed by atoms with E-state index in [0.29, 0.717) is 19.1 Å². The van der Waals surface area contributed by atoms with Crippen molar-refractivity contribution in [2.75, 3.05) is 27.4 Å². The Labute approximate surface area is 124 Å². The van der Waals surface area contributed by atoms with Crippen LogP contribution in [0.15, 0.2) is 18.2 Å². The number of allylic oxidation sites excluding steroid dienone is 2. The molecule has 1 spiro atoms. The van der Waals surface area contributed by atoms with E-state index in [-0.39, 0.29) is 0 Å². The number of fused-ring (bicyclic) bond motifs is 1. The zero-order chi connectivity index (χ0) is 14.4. The Hall–Kier alpha value is -1.52. The highest BCUT2D eigenvalue weighted by Gasteiger charge is 2.46. The second-order valence-corrected chi connectivity index (χ2v) is 5.78. The molecular weight excluding hydrogens is 268 g/mol. The van der Waals surface area contributed by atoms with Crippen molar-refractivity contribution in [3.05, 3.63) is 34.9 Å². The molecule has 1 aromatic carbocycles. The molecule has 1 unspecified atom stereocenters. The van der Waals surface area contributed by atoms with Gasteiger partial charge in [-0.25, -0.2) is 0 Å². The molecule has 2 aliphatic carbocycles. The molecule has 4 nitrogen and oxygen atoms in total. The topological polar surface area (TPSA) is 36.9 Å². The minimum absolute atomic E-state index is 0.432. The van der Waals surface area contributed by atoms with Crippen molar-refractivity contribution >= 4 is 0 Å². The third kappa shape index (κ3) is 1.75. The number of rotatable bonds is 2. The Morgan fingerprint density at radius 3 is 2.71 bits per heavy atom. The first-order chi connectivity index (χ1) is 10.3. The van der Waals surface area contributed by atoms with Crippen LogP contribution in [-0.4, -0.2) is 27.4 Å². The largest absolute Gasteiger partial charge is 0.493 e. The van der Waals surface area contributed by atoms with Crippen molar-refractivity contribution in [3.8, 4) is 11.5 Å². The molecule has 1 atom stereocenters. The Morgan fingerprint density at radius 2 is 2.00 bits per heavy atom. The van der Waals surface area contributed by atoms with Crippen LogP contribution in [0, 0.1) is 0 Å². The van der Waals surface area contributed by atoms with Gasteiger partial charge in [-0.2, -0.15) is 0 Å². The van der Waals surface area contributed by atoms with Gasteiger partial charge in [0.1, 0.15) is 0 Å². The number of methoxy groups -OCH3 is 2. The summed E-state index contributed by atoms with van der Waals surface area (Å²) in [6.45, 7) is 1.31. The molecule has 3 aliphatic rings. The summed E-state index contributed by atoms with van der Waals surface area (Å²) in [4.78, 5) is 0. The second-order valence-electron chi connectivity index (χ2n) is 5.78. The average Bonchev–Trinajstić information content (AvgIpc) is 3.00. The fraction of sp³-hybridized carbons (Fsp3) is 0.529. The monoisotopic (exact) mass is 288 g/mol. The first kappa shape index (κ1) is 13.2. The highest BCUT2D eigenvalue weighted by Crippen LogP contribution is 2.53. The maximum absolute atomic E-state index is 6.01. The molecule has 21 heavy (non-hydrogen) atoms. The molecule has 4 rings (SSSR count). The molecule has 0 saturated carbocycles. The molecule has 0 amide bonds. The van der Waals surface area contributed by atoms with Gasteiger partial charge in [0.2, 0.25) is 0 Å². The van der Waals surface area contributed by atoms with Crippen LogP contribution in [0.25, 0.3) is 0 Å². The molecular formula is C17H20O4. The highest BCUT2D eigenvalue weighted by atomic mass is 16.7. The van der Waals surface area contributed by atoms with Crippen molar-refractivity contribution in [2.24, 2.45) is 0 Å². The predicted octanol–water partition coefficient (Wildman–Crippen LogP) is 2.89. The smallest absolute Gasteiger partial charge is 0.195 e. The molecule has 0 bridgehead atoms. The van der Waals surface area contributed by atoms with E-state index in [2.05, 4.69) is 12.2 Å². The van der Waals surface area contributed by atoms with Crippen LogP contribution in [0.3, 0.4) is 0 Å². The lowest BCUT2D eigenvalue weighted by Crippen LogP contribution is -2.34. The fourth-order valence-electron chi connectivity index (χ4n) is 3.95. The van der Waals surface area contributed by atoms with E-state index >= 15 is 0 Å². The van der Waals surface area contributed by atoms with Gasteiger partial charge in [0, 0.05) is 23.5 Å². The van der Waals surface area contributed by atoms with Gasteiger partial charge in [0.15, 0.2) is 17.3 Å². The zero-order valence-electron chi connectivity index (χ0n) is 12.5. The molecule has 0 N–H and O–H groups in total. The first-order valence-corrected chi connectivity index (χ1v) is 7.52. The minimum atomic E-state index is -0.578. The van der Waals surface area contributed by atoms with Gasteiger partial charge < -0.3 is 18.9 Å². The Morgan fingerprint density at radius 1 is 1.19 bits per heavy atom. The van der Waals surface area contributed by atoms with Crippen LogP contribution in [0.2, 0.25) is 0 Å². The SMILES string of the molecule is COc1cc2c3c(c1OC)CC=CC3CCC21OCCO1. The van der Waals surface area contributed by atoms with Crippen molar-refractivity contribution in [2.45, 2.75) is 31.0 Å². The molecule has 0 aromatic heterocycles. The van der Waals surface area contributed by atoms with Crippen LogP contribution < -0.4 is 9.47 Å². The van der Waals surface area contributed by atoms with Crippen LogP contribution in [0.4, 0.5) is 0 Å². The number of hydrogen-bond acceptors (Lipinski definition) is 4. The second kappa shape index (κ2) is 4.75. The molecule has 112 valence electrons. The Balaban J connectivity index is 1.98. The maximum Gasteiger partial charge on any atom is 0.195 e. The van der Waals surface area contributed by atoms with E-state index < -0.39 is 5.79 Å². The van der Waals surface area contributed by atoms with Gasteiger partial charge in [0.05, 0.1) is 27.4 Å². The lowest BCUT2D eigenvalue weighted by atomic mass is 9.73. The Kier molecular flexibility index (Phi) is 2.98. The summed E-state index contributed by atoms with van der Waals surface area (Å²) >= 11 is 0. The third-order valence-electron chi connectivity index (χ3n) is 4.82. The zero-order valence-corrected chi connectivity index (χ0v) is 12.5. The van der Waals surface area contributed by atoms with Gasteiger partial charge in [0.25, 0.3) is 0 Å². The van der Waals surface area contributed by atoms with E-state index in [4.69, 9.17) is 18.9 Å². The molecule has 1 aromatic rings. The number of hydrogen-bond donors (Lipinski definition) is 0. The fourth-order valence-corrected chi connectivity index (χ4v) is 3.95. The summed E-state index contributed by atoms with van der Waals surface area (Å²) < 4.78 is 23.2. The first-order valence-electron chi connectivity index (χ1n) is 7.52. The lowest BCUT2D eigenvalue weighted by molar-refractivity contribution is -0.176. The van der Waals surface area contributed by atoms with Crippen molar-refractivity contribution < 1.29 is 18.9 Å². The van der Waals surface area contributed by atoms with Crippen molar-refractivity contribution in [1.82, 2.24) is 0 Å². The summed E-state index contributed by atoms with van der Waals surface area (Å²) in [5.74, 6) is 1.47. The Bertz CT molecular complexity index is 599. The summed E-state index contributed by atoms with van der Waals surface area (Å²) in [6, 6.07) is 2.05. The maximum atomic E-state index is 6.01. The summed E-state index contributed by atoms with van der Waals surface area (Å²) in [5, 5.41) is 0. The van der Waals surface area contributed by atoms with Crippen LogP contribution >= 0.6 is 0 Å². The van der Waals surface area contributed by atoms with E-state index in [0.717, 1.165) is 36.3 Å². The van der Waals surface area contributed by atoms with Crippen LogP contribution in [0.1, 0.15) is 35.4 Å². The van der Waals surface area contributed by atoms with Crippen LogP contribution in [0.5, 0.6) is 11.5 Å². The quantitative estimate of drug-likeness (QED) is 0.784. The molecule has 0 radical (unpaired) electrons. The number of benzene rings is 1. The number of ether oxygens (including phenoxy) is 4. The van der Waals surface area contributed by atoms with Gasteiger partial charge in [-0.05, 0) is 24.5 Å². The third-order valence-corrected chi connectivity index (χ3v) is 4.82. The standard InChI is InChI=1S/C17H20O4/c1-18-14-10-13-15-11(4-3-5-12(15)16(14)19-2)6-7-17(13)20-8-9-21-17/h3-4,10-11H,5-9H2,1-2H3. The van der Waals surface area contributed by atoms with E-state index in [1.165, 1.54) is 11.1 Å². The minimum Gasteiger partial charge on any atom is -0.493 e. The molecule has 1 fully saturated rings. The summed E-state index contributed by atoms with van der Waals surface area (Å²) in [6.07, 6.45) is 7.35. The average molecular weight is 288 g/mol. The lowest BCUT2D eigenvalue weighted by Gasteiger charge is -2.40. The summed E-state index contributed by atoms with van der Waals surface area (Å²) in [7, 11) is 3.38. The van der Waals surface area contributed by atoms with Gasteiger partial charge in [-0.3, -0.25) is 0 Å². The van der Waals surface area contributed by atoms with E-state index in [9.17, 15) is 0 Å². The van der Waals surface area contributed by atoms with Gasteiger partial charge in [-0.15, -0.1) is 0 Å².